The van der Waals surface area contributed by atoms with Crippen molar-refractivity contribution in [2.45, 2.75) is 57.2 Å². The highest BCUT2D eigenvalue weighted by atomic mass is 32.2. The number of amides is 2. The Morgan fingerprint density at radius 1 is 1.30 bits per heavy atom. The topological polar surface area (TPSA) is 242 Å². The molecule has 0 bridgehead atoms. The van der Waals surface area contributed by atoms with Gasteiger partial charge in [0.1, 0.15) is 17.3 Å². The van der Waals surface area contributed by atoms with Crippen LogP contribution in [-0.4, -0.2) is 86.6 Å². The summed E-state index contributed by atoms with van der Waals surface area (Å²) in [5.41, 5.74) is 3.54. The maximum atomic E-state index is 13.2. The average Bonchev–Trinajstić information content (AvgIpc) is 3.33. The number of hydrogen-bond donors (Lipinski definition) is 8. The van der Waals surface area contributed by atoms with Crippen molar-refractivity contribution >= 4 is 48.3 Å². The van der Waals surface area contributed by atoms with Gasteiger partial charge >= 0.3 is 19.1 Å². The van der Waals surface area contributed by atoms with Gasteiger partial charge in [0.15, 0.2) is 5.71 Å². The van der Waals surface area contributed by atoms with E-state index in [1.54, 1.807) is 6.07 Å². The number of aliphatic carboxylic acids is 1. The maximum absolute atomic E-state index is 13.2. The van der Waals surface area contributed by atoms with E-state index in [4.69, 9.17) is 25.4 Å². The summed E-state index contributed by atoms with van der Waals surface area (Å²) in [6.07, 6.45) is 0.0316. The molecular weight excluding hydrogens is 549 g/mol. The predicted molar refractivity (Wildman–Crippen MR) is 145 cm³/mol. The fourth-order valence-corrected chi connectivity index (χ4v) is 4.03. The van der Waals surface area contributed by atoms with Crippen LogP contribution in [0.2, 0.25) is 0 Å². The number of aromatic carboxylic acids is 1. The van der Waals surface area contributed by atoms with Gasteiger partial charge in [0.05, 0.1) is 23.8 Å². The quantitative estimate of drug-likeness (QED) is 0.0939. The summed E-state index contributed by atoms with van der Waals surface area (Å²) >= 11 is 1.13. The first-order chi connectivity index (χ1) is 18.8. The second-order valence-electron chi connectivity index (χ2n) is 8.71. The number of fused-ring (bicyclic) bond motifs is 1. The van der Waals surface area contributed by atoms with Crippen LogP contribution in [-0.2, 0) is 25.6 Å². The van der Waals surface area contributed by atoms with E-state index in [1.807, 2.05) is 13.8 Å². The second-order valence-corrected chi connectivity index (χ2v) is 9.73. The Labute approximate surface area is 234 Å². The second kappa shape index (κ2) is 14.0. The van der Waals surface area contributed by atoms with E-state index in [0.717, 1.165) is 11.8 Å². The number of carboxylic acids is 2. The Hall–Kier alpha value is -3.80. The Kier molecular flexibility index (Phi) is 11.4. The average molecular weight is 581 g/mol. The van der Waals surface area contributed by atoms with E-state index in [1.165, 1.54) is 31.4 Å². The Balaban J connectivity index is 0.00000274. The van der Waals surface area contributed by atoms with Gasteiger partial charge in [0.25, 0.3) is 11.8 Å². The van der Waals surface area contributed by atoms with Crippen LogP contribution in [0.3, 0.4) is 0 Å². The van der Waals surface area contributed by atoms with Crippen LogP contribution in [0.25, 0.3) is 0 Å². The molecule has 40 heavy (non-hydrogen) atoms. The third-order valence-electron chi connectivity index (χ3n) is 5.46. The molecule has 0 saturated heterocycles. The number of rotatable bonds is 10. The van der Waals surface area contributed by atoms with E-state index in [0.29, 0.717) is 5.56 Å². The highest BCUT2D eigenvalue weighted by Crippen LogP contribution is 2.30. The number of carboxylic acid groups (broad SMARTS) is 2. The summed E-state index contributed by atoms with van der Waals surface area (Å²) in [5.74, 6) is -5.49. The molecule has 3 unspecified atom stereocenters. The number of carbonyl (C=O) groups is 4. The van der Waals surface area contributed by atoms with Crippen LogP contribution >= 0.6 is 11.8 Å². The van der Waals surface area contributed by atoms with Gasteiger partial charge in [-0.2, -0.15) is 0 Å². The Morgan fingerprint density at radius 2 is 1.98 bits per heavy atom. The van der Waals surface area contributed by atoms with E-state index in [-0.39, 0.29) is 29.1 Å². The van der Waals surface area contributed by atoms with Gasteiger partial charge in [-0.25, -0.2) is 9.59 Å². The van der Waals surface area contributed by atoms with Crippen molar-refractivity contribution in [3.05, 3.63) is 40.4 Å². The molecule has 218 valence electrons. The monoisotopic (exact) mass is 581 g/mol. The normalized spacial score (nSPS) is 18.9. The number of nitrogens with one attached hydrogen (secondary N) is 3. The molecule has 2 heterocycles. The zero-order chi connectivity index (χ0) is 30.2. The van der Waals surface area contributed by atoms with E-state index in [2.05, 4.69) is 21.1 Å². The lowest BCUT2D eigenvalue weighted by atomic mass is 9.72. The summed E-state index contributed by atoms with van der Waals surface area (Å²) in [7, 11) is -1.59. The first-order valence-corrected chi connectivity index (χ1v) is 13.1. The van der Waals surface area contributed by atoms with Gasteiger partial charge in [0.2, 0.25) is 5.60 Å². The molecule has 0 fully saturated rings. The molecule has 3 atom stereocenters. The number of thioether (sulfide) groups is 1. The predicted octanol–water partition coefficient (Wildman–Crippen LogP) is -1.02. The lowest BCUT2D eigenvalue weighted by Crippen LogP contribution is -2.55. The first kappa shape index (κ1) is 32.4. The highest BCUT2D eigenvalue weighted by Gasteiger charge is 2.40. The Bertz CT molecular complexity index is 1190. The third kappa shape index (κ3) is 7.87. The molecule has 3 rings (SSSR count). The molecule has 0 radical (unpaired) electrons. The van der Waals surface area contributed by atoms with Crippen LogP contribution in [0, 0.1) is 0 Å². The van der Waals surface area contributed by atoms with E-state index >= 15 is 0 Å². The number of carbonyl (C=O) groups excluding carboxylic acids is 2. The maximum Gasteiger partial charge on any atom is 0.547 e. The first-order valence-electron chi connectivity index (χ1n) is 12.1. The van der Waals surface area contributed by atoms with Crippen LogP contribution in [0.1, 0.15) is 43.6 Å². The summed E-state index contributed by atoms with van der Waals surface area (Å²) in [5, 5.41) is 50.8. The van der Waals surface area contributed by atoms with Gasteiger partial charge in [-0.05, 0) is 31.9 Å². The molecule has 0 spiro atoms. The SMILES string of the molecule is CC.CC(C)(O/N=C(\C(=O)NC1Cc2cccc(C(=O)O)c2OB1O)C1=CSC(N)N1)C(=O)NC(CO)C(=O)O. The van der Waals surface area contributed by atoms with Gasteiger partial charge in [-0.1, -0.05) is 42.9 Å². The van der Waals surface area contributed by atoms with Crippen LogP contribution in [0.4, 0.5) is 0 Å². The molecule has 9 N–H and O–H groups in total. The fraction of sp³-hybridized carbons (Fsp3) is 0.435. The molecule has 0 saturated carbocycles. The number of aliphatic hydroxyl groups is 1. The van der Waals surface area contributed by atoms with Crippen molar-refractivity contribution in [2.75, 3.05) is 6.61 Å². The Morgan fingerprint density at radius 3 is 2.52 bits per heavy atom. The van der Waals surface area contributed by atoms with Crippen molar-refractivity contribution in [1.82, 2.24) is 16.0 Å². The van der Waals surface area contributed by atoms with Gasteiger partial charge < -0.3 is 51.5 Å². The molecule has 2 aliphatic heterocycles. The minimum Gasteiger partial charge on any atom is -0.534 e. The molecule has 0 aliphatic carbocycles. The number of benzene rings is 1. The van der Waals surface area contributed by atoms with Crippen LogP contribution in [0.5, 0.6) is 5.75 Å². The summed E-state index contributed by atoms with van der Waals surface area (Å²) in [6.45, 7) is 5.68. The molecule has 2 amide bonds. The number of nitrogens with zero attached hydrogens (tertiary/aromatic N) is 1. The van der Waals surface area contributed by atoms with Crippen LogP contribution in [0.15, 0.2) is 34.5 Å². The van der Waals surface area contributed by atoms with Crippen molar-refractivity contribution in [2.24, 2.45) is 10.9 Å². The van der Waals surface area contributed by atoms with Crippen molar-refractivity contribution < 1.29 is 49.0 Å². The van der Waals surface area contributed by atoms with Gasteiger partial charge in [0, 0.05) is 5.41 Å². The number of nitrogens with two attached hydrogens (primary N) is 1. The fourth-order valence-electron chi connectivity index (χ4n) is 3.37. The lowest BCUT2D eigenvalue weighted by molar-refractivity contribution is -0.150. The largest absolute Gasteiger partial charge is 0.547 e. The standard InChI is InChI=1S/C21H26BN5O10S.C2H6/c1-21(2,19(34)24-11(7-28)18(32)33)37-27-14(12-8-38-20(23)25-12)16(29)26-13-6-9-4-3-5-10(17(30)31)15(9)36-22(13)35;1-2/h3-5,8,11,13,20,25,28,35H,6-7,23H2,1-2H3,(H,24,34)(H,26,29)(H,30,31)(H,32,33);1-2H3/b27-14-;. The minimum atomic E-state index is -1.78. The van der Waals surface area contributed by atoms with Crippen LogP contribution < -0.4 is 26.3 Å². The molecule has 0 aromatic heterocycles. The zero-order valence-electron chi connectivity index (χ0n) is 22.2. The van der Waals surface area contributed by atoms with Crippen molar-refractivity contribution in [3.63, 3.8) is 0 Å². The smallest absolute Gasteiger partial charge is 0.534 e. The summed E-state index contributed by atoms with van der Waals surface area (Å²) in [6, 6.07) is 2.85. The number of aliphatic hydroxyl groups excluding tert-OH is 1. The highest BCUT2D eigenvalue weighted by molar-refractivity contribution is 8.02. The molecule has 2 aliphatic rings. The van der Waals surface area contributed by atoms with Gasteiger partial charge in [-0.3, -0.25) is 9.59 Å². The molecule has 1 aromatic carbocycles. The molecule has 15 nitrogen and oxygen atoms in total. The zero-order valence-corrected chi connectivity index (χ0v) is 23.0. The number of oxime groups is 1. The number of para-hydroxylation sites is 1. The molecular formula is C23H32BN5O10S. The van der Waals surface area contributed by atoms with Crippen molar-refractivity contribution in [3.8, 4) is 5.75 Å². The molecule has 17 heteroatoms. The molecule has 1 aromatic rings. The van der Waals surface area contributed by atoms with Crippen molar-refractivity contribution in [1.29, 1.82) is 0 Å². The number of hydrogen-bond acceptors (Lipinski definition) is 12. The third-order valence-corrected chi connectivity index (χ3v) is 6.25. The summed E-state index contributed by atoms with van der Waals surface area (Å²) in [4.78, 5) is 53.6. The minimum absolute atomic E-state index is 0.00642. The van der Waals surface area contributed by atoms with E-state index < -0.39 is 60.6 Å². The van der Waals surface area contributed by atoms with Gasteiger partial charge in [-0.15, -0.1) is 0 Å². The van der Waals surface area contributed by atoms with E-state index in [9.17, 15) is 29.3 Å². The lowest BCUT2D eigenvalue weighted by Gasteiger charge is -2.29. The summed E-state index contributed by atoms with van der Waals surface area (Å²) < 4.78 is 5.39.